The predicted molar refractivity (Wildman–Crippen MR) is 61.2 cm³/mol. The minimum absolute atomic E-state index is 0.0318. The molecule has 1 aliphatic heterocycles. The Labute approximate surface area is 104 Å². The Morgan fingerprint density at radius 3 is 2.78 bits per heavy atom. The molecule has 1 fully saturated rings. The maximum absolute atomic E-state index is 11.4. The first-order chi connectivity index (χ1) is 8.67. The van der Waals surface area contributed by atoms with Crippen LogP contribution in [0, 0.1) is 0 Å². The molecular weight excluding hydrogens is 240 g/mol. The molecule has 6 nitrogen and oxygen atoms in total. The van der Waals surface area contributed by atoms with Crippen molar-refractivity contribution in [2.24, 2.45) is 0 Å². The molecule has 0 radical (unpaired) electrons. The number of carbonyl (C=O) groups is 1. The molecule has 0 amide bonds. The van der Waals surface area contributed by atoms with E-state index in [1.165, 1.54) is 20.3 Å². The SMILES string of the molecule is COC(=O)c1ccc(OC[C@@H]2CO2)c(OC)c1O. The largest absolute Gasteiger partial charge is 0.504 e. The van der Waals surface area contributed by atoms with Gasteiger partial charge in [0.25, 0.3) is 0 Å². The summed E-state index contributed by atoms with van der Waals surface area (Å²) >= 11 is 0. The molecule has 1 aliphatic rings. The van der Waals surface area contributed by atoms with Crippen LogP contribution in [0.2, 0.25) is 0 Å². The average molecular weight is 254 g/mol. The van der Waals surface area contributed by atoms with Gasteiger partial charge in [0.1, 0.15) is 18.3 Å². The lowest BCUT2D eigenvalue weighted by Gasteiger charge is -2.13. The molecule has 2 rings (SSSR count). The third kappa shape index (κ3) is 2.48. The van der Waals surface area contributed by atoms with Crippen molar-refractivity contribution in [3.05, 3.63) is 17.7 Å². The highest BCUT2D eigenvalue weighted by Gasteiger charge is 2.25. The maximum Gasteiger partial charge on any atom is 0.341 e. The van der Waals surface area contributed by atoms with Crippen molar-refractivity contribution in [2.75, 3.05) is 27.4 Å². The van der Waals surface area contributed by atoms with Gasteiger partial charge < -0.3 is 24.1 Å². The van der Waals surface area contributed by atoms with E-state index < -0.39 is 5.97 Å². The van der Waals surface area contributed by atoms with Crippen molar-refractivity contribution in [2.45, 2.75) is 6.10 Å². The molecule has 1 saturated heterocycles. The summed E-state index contributed by atoms with van der Waals surface area (Å²) in [5.41, 5.74) is 0.0318. The van der Waals surface area contributed by atoms with Crippen LogP contribution in [0.4, 0.5) is 0 Å². The van der Waals surface area contributed by atoms with E-state index in [1.807, 2.05) is 0 Å². The lowest BCUT2D eigenvalue weighted by molar-refractivity contribution is 0.0596. The quantitative estimate of drug-likeness (QED) is 0.623. The molecule has 98 valence electrons. The van der Waals surface area contributed by atoms with Crippen LogP contribution in [0.1, 0.15) is 10.4 Å². The molecule has 0 spiro atoms. The van der Waals surface area contributed by atoms with Crippen LogP contribution >= 0.6 is 0 Å². The van der Waals surface area contributed by atoms with Gasteiger partial charge in [-0.3, -0.25) is 0 Å². The van der Waals surface area contributed by atoms with E-state index in [9.17, 15) is 9.90 Å². The van der Waals surface area contributed by atoms with E-state index in [0.29, 0.717) is 19.0 Å². The molecule has 0 aromatic heterocycles. The minimum atomic E-state index is -0.636. The Hall–Kier alpha value is -1.95. The summed E-state index contributed by atoms with van der Waals surface area (Å²) in [6.45, 7) is 1.06. The molecule has 0 unspecified atom stereocenters. The molecule has 1 aromatic rings. The average Bonchev–Trinajstić information content (AvgIpc) is 3.19. The third-order valence-corrected chi connectivity index (χ3v) is 2.53. The molecular formula is C12H14O6. The van der Waals surface area contributed by atoms with Gasteiger partial charge >= 0.3 is 5.97 Å². The molecule has 0 saturated carbocycles. The molecule has 1 aromatic carbocycles. The number of ether oxygens (including phenoxy) is 4. The van der Waals surface area contributed by atoms with Crippen molar-refractivity contribution in [3.63, 3.8) is 0 Å². The van der Waals surface area contributed by atoms with Gasteiger partial charge in [-0.1, -0.05) is 0 Å². The van der Waals surface area contributed by atoms with Crippen LogP contribution < -0.4 is 9.47 Å². The second-order valence-corrected chi connectivity index (χ2v) is 3.75. The molecule has 6 heteroatoms. The van der Waals surface area contributed by atoms with Crippen LogP contribution in [0.15, 0.2) is 12.1 Å². The Morgan fingerprint density at radius 2 is 2.22 bits per heavy atom. The van der Waals surface area contributed by atoms with Crippen LogP contribution in [0.3, 0.4) is 0 Å². The van der Waals surface area contributed by atoms with Gasteiger partial charge in [0, 0.05) is 0 Å². The number of benzene rings is 1. The summed E-state index contributed by atoms with van der Waals surface area (Å²) in [5, 5.41) is 9.91. The Morgan fingerprint density at radius 1 is 1.50 bits per heavy atom. The van der Waals surface area contributed by atoms with E-state index in [4.69, 9.17) is 14.2 Å². The minimum Gasteiger partial charge on any atom is -0.504 e. The van der Waals surface area contributed by atoms with Crippen molar-refractivity contribution in [1.29, 1.82) is 0 Å². The fraction of sp³-hybridized carbons (Fsp3) is 0.417. The van der Waals surface area contributed by atoms with Crippen molar-refractivity contribution in [1.82, 2.24) is 0 Å². The van der Waals surface area contributed by atoms with Gasteiger partial charge in [0.05, 0.1) is 20.8 Å². The first kappa shape index (κ1) is 12.5. The van der Waals surface area contributed by atoms with E-state index in [2.05, 4.69) is 4.74 Å². The maximum atomic E-state index is 11.4. The molecule has 1 heterocycles. The fourth-order valence-electron chi connectivity index (χ4n) is 1.49. The number of phenolic OH excluding ortho intramolecular Hbond substituents is 1. The second kappa shape index (κ2) is 5.14. The molecule has 18 heavy (non-hydrogen) atoms. The van der Waals surface area contributed by atoms with E-state index in [0.717, 1.165) is 0 Å². The first-order valence-electron chi connectivity index (χ1n) is 5.40. The second-order valence-electron chi connectivity index (χ2n) is 3.75. The standard InChI is InChI=1S/C12H14O6/c1-15-11-9(18-6-7-5-17-7)4-3-8(10(11)13)12(14)16-2/h3-4,7,13H,5-6H2,1-2H3/t7-/m0/s1. The summed E-state index contributed by atoms with van der Waals surface area (Å²) in [4.78, 5) is 11.4. The number of hydrogen-bond donors (Lipinski definition) is 1. The van der Waals surface area contributed by atoms with Crippen LogP contribution in [0.25, 0.3) is 0 Å². The smallest absolute Gasteiger partial charge is 0.341 e. The normalized spacial score (nSPS) is 17.1. The monoisotopic (exact) mass is 254 g/mol. The van der Waals surface area contributed by atoms with Crippen LogP contribution in [-0.2, 0) is 9.47 Å². The number of esters is 1. The van der Waals surface area contributed by atoms with E-state index >= 15 is 0 Å². The van der Waals surface area contributed by atoms with Gasteiger partial charge in [0.2, 0.25) is 5.75 Å². The van der Waals surface area contributed by atoms with Gasteiger partial charge in [0.15, 0.2) is 11.5 Å². The van der Waals surface area contributed by atoms with E-state index in [1.54, 1.807) is 6.07 Å². The zero-order chi connectivity index (χ0) is 13.1. The summed E-state index contributed by atoms with van der Waals surface area (Å²) in [5.74, 6) is -0.460. The Kier molecular flexibility index (Phi) is 3.57. The highest BCUT2D eigenvalue weighted by atomic mass is 16.6. The van der Waals surface area contributed by atoms with Crippen LogP contribution in [0.5, 0.6) is 17.2 Å². The zero-order valence-electron chi connectivity index (χ0n) is 10.1. The fourth-order valence-corrected chi connectivity index (χ4v) is 1.49. The number of hydrogen-bond acceptors (Lipinski definition) is 6. The number of methoxy groups -OCH3 is 2. The summed E-state index contributed by atoms with van der Waals surface area (Å²) in [6, 6.07) is 2.97. The van der Waals surface area contributed by atoms with Gasteiger partial charge in [-0.15, -0.1) is 0 Å². The molecule has 0 aliphatic carbocycles. The highest BCUT2D eigenvalue weighted by molar-refractivity contribution is 5.93. The zero-order valence-corrected chi connectivity index (χ0v) is 10.1. The molecule has 0 bridgehead atoms. The Bertz CT molecular complexity index is 452. The molecule has 1 atom stereocenters. The van der Waals surface area contributed by atoms with Gasteiger partial charge in [-0.25, -0.2) is 4.79 Å². The summed E-state index contributed by atoms with van der Waals surface area (Å²) in [7, 11) is 2.62. The van der Waals surface area contributed by atoms with Gasteiger partial charge in [-0.2, -0.15) is 0 Å². The Balaban J connectivity index is 2.24. The van der Waals surface area contributed by atoms with Crippen molar-refractivity contribution < 1.29 is 28.8 Å². The summed E-state index contributed by atoms with van der Waals surface area (Å²) < 4.78 is 20.0. The lowest BCUT2D eigenvalue weighted by atomic mass is 10.1. The predicted octanol–water partition coefficient (Wildman–Crippen LogP) is 0.965. The topological polar surface area (TPSA) is 77.5 Å². The first-order valence-corrected chi connectivity index (χ1v) is 5.40. The third-order valence-electron chi connectivity index (χ3n) is 2.53. The number of rotatable bonds is 5. The number of aromatic hydroxyl groups is 1. The number of carbonyl (C=O) groups excluding carboxylic acids is 1. The van der Waals surface area contributed by atoms with Crippen molar-refractivity contribution >= 4 is 5.97 Å². The van der Waals surface area contributed by atoms with Crippen LogP contribution in [-0.4, -0.2) is 44.6 Å². The molecule has 1 N–H and O–H groups in total. The summed E-state index contributed by atoms with van der Waals surface area (Å²) in [6.07, 6.45) is 0.0946. The number of epoxide rings is 1. The van der Waals surface area contributed by atoms with Crippen molar-refractivity contribution in [3.8, 4) is 17.2 Å². The number of phenols is 1. The van der Waals surface area contributed by atoms with Gasteiger partial charge in [-0.05, 0) is 12.1 Å². The van der Waals surface area contributed by atoms with E-state index in [-0.39, 0.29) is 23.2 Å². The highest BCUT2D eigenvalue weighted by Crippen LogP contribution is 2.39. The lowest BCUT2D eigenvalue weighted by Crippen LogP contribution is -2.07.